The Kier molecular flexibility index (Phi) is 4.63. The summed E-state index contributed by atoms with van der Waals surface area (Å²) >= 11 is 0. The molecule has 17 heavy (non-hydrogen) atoms. The first-order valence-corrected chi connectivity index (χ1v) is 5.69. The third kappa shape index (κ3) is 3.82. The lowest BCUT2D eigenvalue weighted by atomic mass is 10.1. The Labute approximate surface area is 101 Å². The normalized spacial score (nSPS) is 12.3. The van der Waals surface area contributed by atoms with E-state index >= 15 is 0 Å². The number of carbonyl (C=O) groups excluding carboxylic acids is 1. The minimum absolute atomic E-state index is 0.0696. The predicted octanol–water partition coefficient (Wildman–Crippen LogP) is 1.94. The fourth-order valence-electron chi connectivity index (χ4n) is 1.50. The van der Waals surface area contributed by atoms with Crippen molar-refractivity contribution in [2.75, 3.05) is 13.6 Å². The molecule has 1 unspecified atom stereocenters. The largest absolute Gasteiger partial charge is 0.342 e. The van der Waals surface area contributed by atoms with E-state index in [1.165, 1.54) is 12.1 Å². The number of halogens is 1. The van der Waals surface area contributed by atoms with Gasteiger partial charge in [-0.1, -0.05) is 0 Å². The Morgan fingerprint density at radius 3 is 2.71 bits per heavy atom. The number of hydrogen-bond donors (Lipinski definition) is 1. The molecule has 0 heterocycles. The summed E-state index contributed by atoms with van der Waals surface area (Å²) in [4.78, 5) is 13.6. The van der Waals surface area contributed by atoms with Crippen LogP contribution in [-0.4, -0.2) is 30.4 Å². The van der Waals surface area contributed by atoms with Crippen LogP contribution in [0.25, 0.3) is 0 Å². The van der Waals surface area contributed by atoms with Crippen molar-refractivity contribution in [2.24, 2.45) is 5.73 Å². The molecule has 0 bridgehead atoms. The van der Waals surface area contributed by atoms with Crippen LogP contribution < -0.4 is 5.73 Å². The van der Waals surface area contributed by atoms with E-state index in [1.807, 2.05) is 6.92 Å². The molecule has 2 N–H and O–H groups in total. The second kappa shape index (κ2) is 5.77. The van der Waals surface area contributed by atoms with Crippen molar-refractivity contribution in [3.63, 3.8) is 0 Å². The molecule has 1 atom stereocenters. The van der Waals surface area contributed by atoms with Crippen molar-refractivity contribution in [1.29, 1.82) is 0 Å². The topological polar surface area (TPSA) is 46.3 Å². The SMILES string of the molecule is Cc1cc(C(=O)N(C)CCC(C)N)ccc1F. The Morgan fingerprint density at radius 1 is 1.53 bits per heavy atom. The van der Waals surface area contributed by atoms with Crippen LogP contribution in [0.4, 0.5) is 4.39 Å². The van der Waals surface area contributed by atoms with Gasteiger partial charge in [0.2, 0.25) is 0 Å². The van der Waals surface area contributed by atoms with Gasteiger partial charge in [-0.15, -0.1) is 0 Å². The number of rotatable bonds is 4. The number of nitrogens with zero attached hydrogens (tertiary/aromatic N) is 1. The van der Waals surface area contributed by atoms with Crippen molar-refractivity contribution >= 4 is 5.91 Å². The van der Waals surface area contributed by atoms with Crippen molar-refractivity contribution in [3.05, 3.63) is 35.1 Å². The lowest BCUT2D eigenvalue weighted by Gasteiger charge is -2.18. The van der Waals surface area contributed by atoms with Gasteiger partial charge >= 0.3 is 0 Å². The Balaban J connectivity index is 2.71. The highest BCUT2D eigenvalue weighted by molar-refractivity contribution is 5.94. The summed E-state index contributed by atoms with van der Waals surface area (Å²) in [6.07, 6.45) is 0.752. The van der Waals surface area contributed by atoms with Gasteiger partial charge in [0.1, 0.15) is 5.82 Å². The molecule has 1 amide bonds. The maximum Gasteiger partial charge on any atom is 0.253 e. The van der Waals surface area contributed by atoms with Gasteiger partial charge in [-0.2, -0.15) is 0 Å². The monoisotopic (exact) mass is 238 g/mol. The first kappa shape index (κ1) is 13.6. The molecule has 94 valence electrons. The number of amides is 1. The minimum Gasteiger partial charge on any atom is -0.342 e. The zero-order chi connectivity index (χ0) is 13.0. The Morgan fingerprint density at radius 2 is 2.18 bits per heavy atom. The second-order valence-electron chi connectivity index (χ2n) is 4.46. The molecule has 0 aliphatic carbocycles. The highest BCUT2D eigenvalue weighted by atomic mass is 19.1. The fraction of sp³-hybridized carbons (Fsp3) is 0.462. The van der Waals surface area contributed by atoms with Crippen LogP contribution >= 0.6 is 0 Å². The fourth-order valence-corrected chi connectivity index (χ4v) is 1.50. The molecule has 4 heteroatoms. The van der Waals surface area contributed by atoms with Crippen molar-refractivity contribution in [3.8, 4) is 0 Å². The van der Waals surface area contributed by atoms with Crippen molar-refractivity contribution < 1.29 is 9.18 Å². The van der Waals surface area contributed by atoms with E-state index in [0.29, 0.717) is 17.7 Å². The summed E-state index contributed by atoms with van der Waals surface area (Å²) in [5.41, 5.74) is 6.63. The molecule has 3 nitrogen and oxygen atoms in total. The highest BCUT2D eigenvalue weighted by Crippen LogP contribution is 2.11. The Bertz CT molecular complexity index is 404. The number of hydrogen-bond acceptors (Lipinski definition) is 2. The summed E-state index contributed by atoms with van der Waals surface area (Å²) in [6.45, 7) is 4.15. The maximum absolute atomic E-state index is 13.1. The van der Waals surface area contributed by atoms with Crippen LogP contribution in [0.1, 0.15) is 29.3 Å². The van der Waals surface area contributed by atoms with E-state index in [-0.39, 0.29) is 17.8 Å². The van der Waals surface area contributed by atoms with Crippen LogP contribution in [0.3, 0.4) is 0 Å². The molecule has 1 aromatic rings. The lowest BCUT2D eigenvalue weighted by Crippen LogP contribution is -2.31. The van der Waals surface area contributed by atoms with Gasteiger partial charge in [-0.3, -0.25) is 4.79 Å². The van der Waals surface area contributed by atoms with Crippen molar-refractivity contribution in [1.82, 2.24) is 4.90 Å². The summed E-state index contributed by atoms with van der Waals surface area (Å²) in [7, 11) is 1.73. The van der Waals surface area contributed by atoms with Gasteiger partial charge in [0, 0.05) is 25.2 Å². The van der Waals surface area contributed by atoms with Crippen LogP contribution in [0.15, 0.2) is 18.2 Å². The average molecular weight is 238 g/mol. The lowest BCUT2D eigenvalue weighted by molar-refractivity contribution is 0.0791. The summed E-state index contributed by atoms with van der Waals surface area (Å²) in [5.74, 6) is -0.395. The first-order chi connectivity index (χ1) is 7.91. The number of carbonyl (C=O) groups is 1. The predicted molar refractivity (Wildman–Crippen MR) is 66.4 cm³/mol. The zero-order valence-corrected chi connectivity index (χ0v) is 10.5. The molecule has 0 spiro atoms. The number of nitrogens with two attached hydrogens (primary N) is 1. The van der Waals surface area contributed by atoms with Gasteiger partial charge in [0.15, 0.2) is 0 Å². The molecule has 0 saturated carbocycles. The van der Waals surface area contributed by atoms with Crippen LogP contribution in [0, 0.1) is 12.7 Å². The van der Waals surface area contributed by atoms with Gasteiger partial charge in [-0.05, 0) is 44.0 Å². The molecule has 0 saturated heterocycles. The van der Waals surface area contributed by atoms with E-state index in [0.717, 1.165) is 6.42 Å². The first-order valence-electron chi connectivity index (χ1n) is 5.69. The molecule has 0 aromatic heterocycles. The highest BCUT2D eigenvalue weighted by Gasteiger charge is 2.12. The molecular weight excluding hydrogens is 219 g/mol. The third-order valence-corrected chi connectivity index (χ3v) is 2.67. The molecule has 1 aromatic carbocycles. The average Bonchev–Trinajstić information content (AvgIpc) is 2.28. The van der Waals surface area contributed by atoms with Gasteiger partial charge in [-0.25, -0.2) is 4.39 Å². The molecule has 0 fully saturated rings. The van der Waals surface area contributed by atoms with Gasteiger partial charge in [0.25, 0.3) is 5.91 Å². The summed E-state index contributed by atoms with van der Waals surface area (Å²) < 4.78 is 13.1. The zero-order valence-electron chi connectivity index (χ0n) is 10.5. The van der Waals surface area contributed by atoms with Crippen LogP contribution in [-0.2, 0) is 0 Å². The Hall–Kier alpha value is -1.42. The smallest absolute Gasteiger partial charge is 0.253 e. The van der Waals surface area contributed by atoms with Gasteiger partial charge in [0.05, 0.1) is 0 Å². The summed E-state index contributed by atoms with van der Waals surface area (Å²) in [6, 6.07) is 4.47. The van der Waals surface area contributed by atoms with Crippen LogP contribution in [0.2, 0.25) is 0 Å². The van der Waals surface area contributed by atoms with E-state index in [9.17, 15) is 9.18 Å². The maximum atomic E-state index is 13.1. The van der Waals surface area contributed by atoms with E-state index in [4.69, 9.17) is 5.73 Å². The van der Waals surface area contributed by atoms with Crippen LogP contribution in [0.5, 0.6) is 0 Å². The number of aryl methyl sites for hydroxylation is 1. The van der Waals surface area contributed by atoms with E-state index in [1.54, 1.807) is 24.9 Å². The molecule has 0 aliphatic heterocycles. The third-order valence-electron chi connectivity index (χ3n) is 2.67. The quantitative estimate of drug-likeness (QED) is 0.871. The summed E-state index contributed by atoms with van der Waals surface area (Å²) in [5, 5.41) is 0. The van der Waals surface area contributed by atoms with Gasteiger partial charge < -0.3 is 10.6 Å². The molecule has 0 aliphatic rings. The van der Waals surface area contributed by atoms with E-state index < -0.39 is 0 Å². The molecule has 0 radical (unpaired) electrons. The molecular formula is C13H19FN2O. The van der Waals surface area contributed by atoms with E-state index in [2.05, 4.69) is 0 Å². The molecule has 1 rings (SSSR count). The minimum atomic E-state index is -0.292. The standard InChI is InChI=1S/C13H19FN2O/c1-9-8-11(4-5-12(9)14)13(17)16(3)7-6-10(2)15/h4-5,8,10H,6-7,15H2,1-3H3. The second-order valence-corrected chi connectivity index (χ2v) is 4.46. The van der Waals surface area contributed by atoms with Crippen molar-refractivity contribution in [2.45, 2.75) is 26.3 Å². The number of benzene rings is 1.